The van der Waals surface area contributed by atoms with E-state index in [1.165, 1.54) is 0 Å². The highest BCUT2D eigenvalue weighted by Crippen LogP contribution is 2.45. The van der Waals surface area contributed by atoms with E-state index in [1.54, 1.807) is 14.2 Å². The third-order valence-electron chi connectivity index (χ3n) is 16.2. The molecule has 4 rings (SSSR count). The molecular formula is C62H105IO10Si2. The summed E-state index contributed by atoms with van der Waals surface area (Å²) >= 11 is 2.35. The first-order valence-corrected chi connectivity index (χ1v) is 34.7. The lowest BCUT2D eigenvalue weighted by Crippen LogP contribution is -2.52. The Kier molecular flexibility index (Phi) is 25.6. The summed E-state index contributed by atoms with van der Waals surface area (Å²) in [6, 6.07) is 16.3. The second kappa shape index (κ2) is 29.2. The van der Waals surface area contributed by atoms with Crippen molar-refractivity contribution in [3.8, 4) is 11.5 Å². The lowest BCUT2D eigenvalue weighted by atomic mass is 9.92. The number of hydrogen-bond acceptors (Lipinski definition) is 10. The van der Waals surface area contributed by atoms with Gasteiger partial charge in [0.2, 0.25) is 8.32 Å². The van der Waals surface area contributed by atoms with Gasteiger partial charge in [-0.1, -0.05) is 155 Å². The molecule has 0 aromatic heterocycles. The van der Waals surface area contributed by atoms with Gasteiger partial charge in [0.1, 0.15) is 11.5 Å². The van der Waals surface area contributed by atoms with Crippen LogP contribution in [-0.4, -0.2) is 91.3 Å². The van der Waals surface area contributed by atoms with Crippen LogP contribution in [0.2, 0.25) is 34.8 Å². The third-order valence-corrected chi connectivity index (χ3v) is 27.3. The Morgan fingerprint density at radius 1 is 0.613 bits per heavy atom. The van der Waals surface area contributed by atoms with Gasteiger partial charge in [-0.25, -0.2) is 0 Å². The molecule has 13 heteroatoms. The van der Waals surface area contributed by atoms with E-state index in [-0.39, 0.29) is 65.7 Å². The lowest BCUT2D eigenvalue weighted by Gasteiger charge is -2.46. The zero-order chi connectivity index (χ0) is 56.1. The fourth-order valence-electron chi connectivity index (χ4n) is 11.5. The van der Waals surface area contributed by atoms with Crippen LogP contribution in [0.25, 0.3) is 0 Å². The first-order valence-electron chi connectivity index (χ1n) is 28.4. The van der Waals surface area contributed by atoms with Crippen molar-refractivity contribution in [3.63, 3.8) is 0 Å². The normalized spacial score (nSPS) is 23.3. The van der Waals surface area contributed by atoms with Crippen LogP contribution in [0.1, 0.15) is 167 Å². The zero-order valence-electron chi connectivity index (χ0n) is 50.6. The van der Waals surface area contributed by atoms with Crippen LogP contribution >= 0.6 is 22.6 Å². The molecule has 2 aliphatic heterocycles. The van der Waals surface area contributed by atoms with Crippen LogP contribution in [0.3, 0.4) is 0 Å². The summed E-state index contributed by atoms with van der Waals surface area (Å²) in [5.41, 5.74) is 3.53. The number of methoxy groups -OCH3 is 2. The van der Waals surface area contributed by atoms with Crippen LogP contribution in [-0.2, 0) is 50.5 Å². The standard InChI is InChI=1S/C62H105IO10Si2/c1-42(2)59(73-74(20,21)60(11,12)13)47(10)22-27-52-34-55(69-61(14,15)68-52)35-53(66-40-48-23-28-50(64-18)29-24-48)36-56-38-57(71-62(16,17)70-56)37-54(67-41-49-25-30-51(65-19)31-26-49)39-58(46(9)32-33-63)72-75(43(3)4,44(5)6)45(7)8/h22-33,42-47,52-59H,34-41H2,1-21H3/b27-22+,33-32+/t46-,47-,52-,53+,54+,55-,56-,57-,58+,59-/m0/s1. The van der Waals surface area contributed by atoms with Gasteiger partial charge in [0, 0.05) is 32.1 Å². The second-order valence-electron chi connectivity index (χ2n) is 25.6. The molecule has 2 aromatic rings. The molecule has 2 aromatic carbocycles. The number of hydrogen-bond donors (Lipinski definition) is 0. The topological polar surface area (TPSA) is 92.3 Å². The predicted octanol–water partition coefficient (Wildman–Crippen LogP) is 16.9. The van der Waals surface area contributed by atoms with Crippen molar-refractivity contribution in [3.05, 3.63) is 82.0 Å². The molecule has 0 radical (unpaired) electrons. The van der Waals surface area contributed by atoms with Gasteiger partial charge in [-0.2, -0.15) is 0 Å². The number of halogens is 1. The quantitative estimate of drug-likeness (QED) is 0.0445. The SMILES string of the molecule is COc1ccc(CO[C@H](C[C@H]2C[C@H](C[C@@H](C[C@@H]3C[C@H](/C=C/[C@H](C)[C@@H](O[Si](C)(C)C(C)(C)C)C(C)C)OC(C)(C)O3)OCc3ccc(OC)cc3)OC(C)(C)O2)C[C@@H](O[Si](C(C)C)(C(C)C)C(C)C)[C@@H](C)/C=C/I)cc1. The summed E-state index contributed by atoms with van der Waals surface area (Å²) in [5.74, 6) is 0.809. The van der Waals surface area contributed by atoms with E-state index in [1.807, 2.05) is 52.0 Å². The van der Waals surface area contributed by atoms with Gasteiger partial charge in [-0.05, 0) is 126 Å². The molecule has 0 bridgehead atoms. The molecule has 0 spiro atoms. The van der Waals surface area contributed by atoms with Crippen molar-refractivity contribution in [2.24, 2.45) is 17.8 Å². The molecule has 0 amide bonds. The van der Waals surface area contributed by atoms with E-state index in [9.17, 15) is 0 Å². The van der Waals surface area contributed by atoms with E-state index < -0.39 is 28.2 Å². The average molecular weight is 1190 g/mol. The fourth-order valence-corrected chi connectivity index (χ4v) is 19.3. The molecule has 428 valence electrons. The predicted molar refractivity (Wildman–Crippen MR) is 322 cm³/mol. The molecule has 0 saturated carbocycles. The summed E-state index contributed by atoms with van der Waals surface area (Å²) in [6.07, 6.45) is 10.3. The van der Waals surface area contributed by atoms with Gasteiger partial charge in [0.25, 0.3) is 0 Å². The van der Waals surface area contributed by atoms with Gasteiger partial charge >= 0.3 is 0 Å². The summed E-state index contributed by atoms with van der Waals surface area (Å²) in [5, 5.41) is 0.130. The molecule has 2 heterocycles. The molecule has 0 unspecified atom stereocenters. The number of ether oxygens (including phenoxy) is 8. The largest absolute Gasteiger partial charge is 0.497 e. The molecule has 2 aliphatic rings. The van der Waals surface area contributed by atoms with Gasteiger partial charge < -0.3 is 46.7 Å². The fraction of sp³-hybridized carbons (Fsp3) is 0.742. The minimum atomic E-state index is -2.26. The van der Waals surface area contributed by atoms with E-state index in [0.29, 0.717) is 67.9 Å². The molecule has 0 N–H and O–H groups in total. The van der Waals surface area contributed by atoms with Crippen molar-refractivity contribution >= 4 is 39.2 Å². The van der Waals surface area contributed by atoms with Crippen LogP contribution < -0.4 is 9.47 Å². The van der Waals surface area contributed by atoms with E-state index >= 15 is 0 Å². The van der Waals surface area contributed by atoms with Crippen molar-refractivity contribution in [1.29, 1.82) is 0 Å². The average Bonchev–Trinajstić information content (AvgIpc) is 3.30. The first kappa shape index (κ1) is 65.9. The maximum absolute atomic E-state index is 7.67. The van der Waals surface area contributed by atoms with Gasteiger partial charge in [0.15, 0.2) is 19.9 Å². The highest BCUT2D eigenvalue weighted by Gasteiger charge is 2.48. The Bertz CT molecular complexity index is 1990. The van der Waals surface area contributed by atoms with E-state index in [4.69, 9.17) is 46.7 Å². The maximum Gasteiger partial charge on any atom is 0.200 e. The van der Waals surface area contributed by atoms with Crippen LogP contribution in [0.4, 0.5) is 0 Å². The summed E-state index contributed by atoms with van der Waals surface area (Å²) < 4.78 is 69.0. The lowest BCUT2D eigenvalue weighted by molar-refractivity contribution is -0.309. The first-order chi connectivity index (χ1) is 34.9. The Morgan fingerprint density at radius 3 is 1.48 bits per heavy atom. The second-order valence-corrected chi connectivity index (χ2v) is 36.5. The van der Waals surface area contributed by atoms with E-state index in [2.05, 4.69) is 172 Å². The molecule has 2 fully saturated rings. The Labute approximate surface area is 473 Å². The number of benzene rings is 2. The minimum absolute atomic E-state index is 0.0343. The highest BCUT2D eigenvalue weighted by atomic mass is 127. The Hall–Kier alpha value is -1.64. The third kappa shape index (κ3) is 20.1. The molecule has 10 atom stereocenters. The smallest absolute Gasteiger partial charge is 0.200 e. The van der Waals surface area contributed by atoms with Crippen molar-refractivity contribution in [2.75, 3.05) is 14.2 Å². The van der Waals surface area contributed by atoms with Crippen LogP contribution in [0.15, 0.2) is 70.8 Å². The highest BCUT2D eigenvalue weighted by molar-refractivity contribution is 14.1. The molecule has 2 saturated heterocycles. The number of rotatable bonds is 29. The van der Waals surface area contributed by atoms with Gasteiger partial charge in [-0.3, -0.25) is 0 Å². The van der Waals surface area contributed by atoms with Crippen molar-refractivity contribution in [2.45, 2.75) is 265 Å². The Balaban J connectivity index is 1.64. The zero-order valence-corrected chi connectivity index (χ0v) is 54.8. The molecular weight excluding hydrogens is 1090 g/mol. The summed E-state index contributed by atoms with van der Waals surface area (Å²) in [6.45, 7) is 44.0. The minimum Gasteiger partial charge on any atom is -0.497 e. The van der Waals surface area contributed by atoms with Crippen molar-refractivity contribution < 1.29 is 46.7 Å². The molecule has 75 heavy (non-hydrogen) atoms. The van der Waals surface area contributed by atoms with Crippen LogP contribution in [0, 0.1) is 17.8 Å². The summed E-state index contributed by atoms with van der Waals surface area (Å²) in [4.78, 5) is 0. The van der Waals surface area contributed by atoms with E-state index in [0.717, 1.165) is 29.0 Å². The summed E-state index contributed by atoms with van der Waals surface area (Å²) in [7, 11) is -0.850. The van der Waals surface area contributed by atoms with Crippen LogP contribution in [0.5, 0.6) is 11.5 Å². The maximum atomic E-state index is 7.67. The molecule has 0 aliphatic carbocycles. The monoisotopic (exact) mass is 1190 g/mol. The Morgan fingerprint density at radius 2 is 1.05 bits per heavy atom. The van der Waals surface area contributed by atoms with Gasteiger partial charge in [-0.15, -0.1) is 0 Å². The van der Waals surface area contributed by atoms with Crippen molar-refractivity contribution in [1.82, 2.24) is 0 Å². The van der Waals surface area contributed by atoms with Gasteiger partial charge in [0.05, 0.1) is 76.3 Å². The molecule has 10 nitrogen and oxygen atoms in total.